The minimum atomic E-state index is -0.102. The minimum Gasteiger partial charge on any atom is -0.385 e. The van der Waals surface area contributed by atoms with Crippen molar-refractivity contribution in [2.75, 3.05) is 38.7 Å². The second kappa shape index (κ2) is 9.15. The van der Waals surface area contributed by atoms with Crippen molar-refractivity contribution in [3.05, 3.63) is 30.3 Å². The number of nitrogens with one attached hydrogen (secondary N) is 2. The molecule has 0 aromatic heterocycles. The molecule has 2 rings (SSSR count). The SMILES string of the molecule is COCCCNC(=O)C1CCN(C(=O)Nc2ccccc2)CC1. The molecule has 6 nitrogen and oxygen atoms in total. The van der Waals surface area contributed by atoms with E-state index in [0.29, 0.717) is 39.1 Å². The Balaban J connectivity index is 1.70. The average molecular weight is 319 g/mol. The largest absolute Gasteiger partial charge is 0.385 e. The third-order valence-corrected chi connectivity index (χ3v) is 4.00. The number of methoxy groups -OCH3 is 1. The molecule has 1 saturated heterocycles. The minimum absolute atomic E-state index is 0.00156. The number of rotatable bonds is 6. The van der Waals surface area contributed by atoms with Crippen LogP contribution in [0.25, 0.3) is 0 Å². The Bertz CT molecular complexity index is 499. The third kappa shape index (κ3) is 5.56. The van der Waals surface area contributed by atoms with Crippen molar-refractivity contribution in [1.29, 1.82) is 0 Å². The standard InChI is InChI=1S/C17H25N3O3/c1-23-13-5-10-18-16(21)14-8-11-20(12-9-14)17(22)19-15-6-3-2-4-7-15/h2-4,6-7,14H,5,8-13H2,1H3,(H,18,21)(H,19,22). The highest BCUT2D eigenvalue weighted by atomic mass is 16.5. The van der Waals surface area contributed by atoms with E-state index in [-0.39, 0.29) is 17.9 Å². The number of piperidine rings is 1. The van der Waals surface area contributed by atoms with Crippen LogP contribution >= 0.6 is 0 Å². The zero-order valence-corrected chi connectivity index (χ0v) is 13.6. The summed E-state index contributed by atoms with van der Waals surface area (Å²) >= 11 is 0. The number of para-hydroxylation sites is 1. The number of nitrogens with zero attached hydrogens (tertiary/aromatic N) is 1. The fourth-order valence-corrected chi connectivity index (χ4v) is 2.64. The summed E-state index contributed by atoms with van der Waals surface area (Å²) in [6.45, 7) is 2.50. The number of likely N-dealkylation sites (tertiary alicyclic amines) is 1. The number of carbonyl (C=O) groups is 2. The first-order valence-corrected chi connectivity index (χ1v) is 8.08. The van der Waals surface area contributed by atoms with E-state index in [4.69, 9.17) is 4.74 Å². The maximum Gasteiger partial charge on any atom is 0.321 e. The van der Waals surface area contributed by atoms with Crippen LogP contribution in [0.1, 0.15) is 19.3 Å². The molecular formula is C17H25N3O3. The number of hydrogen-bond donors (Lipinski definition) is 2. The van der Waals surface area contributed by atoms with E-state index in [1.165, 1.54) is 0 Å². The normalized spacial score (nSPS) is 15.3. The van der Waals surface area contributed by atoms with Gasteiger partial charge < -0.3 is 20.3 Å². The first-order valence-electron chi connectivity index (χ1n) is 8.08. The Morgan fingerprint density at radius 2 is 1.91 bits per heavy atom. The van der Waals surface area contributed by atoms with Gasteiger partial charge in [0.25, 0.3) is 0 Å². The Morgan fingerprint density at radius 1 is 1.22 bits per heavy atom. The van der Waals surface area contributed by atoms with Crippen LogP contribution in [0.5, 0.6) is 0 Å². The molecule has 0 saturated carbocycles. The van der Waals surface area contributed by atoms with Gasteiger partial charge in [-0.15, -0.1) is 0 Å². The molecule has 1 fully saturated rings. The van der Waals surface area contributed by atoms with E-state index in [9.17, 15) is 9.59 Å². The maximum absolute atomic E-state index is 12.2. The van der Waals surface area contributed by atoms with Crippen LogP contribution in [0, 0.1) is 5.92 Å². The monoisotopic (exact) mass is 319 g/mol. The van der Waals surface area contributed by atoms with Crippen LogP contribution in [0.4, 0.5) is 10.5 Å². The number of ether oxygens (including phenoxy) is 1. The van der Waals surface area contributed by atoms with E-state index in [1.807, 2.05) is 30.3 Å². The van der Waals surface area contributed by atoms with Gasteiger partial charge in [-0.3, -0.25) is 4.79 Å². The van der Waals surface area contributed by atoms with Crippen molar-refractivity contribution in [1.82, 2.24) is 10.2 Å². The lowest BCUT2D eigenvalue weighted by Gasteiger charge is -2.31. The molecule has 3 amide bonds. The number of anilines is 1. The molecule has 0 atom stereocenters. The number of carbonyl (C=O) groups excluding carboxylic acids is 2. The molecule has 23 heavy (non-hydrogen) atoms. The number of urea groups is 1. The molecule has 0 spiro atoms. The van der Waals surface area contributed by atoms with Crippen LogP contribution in [-0.2, 0) is 9.53 Å². The number of benzene rings is 1. The Hall–Kier alpha value is -2.08. The zero-order chi connectivity index (χ0) is 16.5. The predicted octanol–water partition coefficient (Wildman–Crippen LogP) is 2.08. The van der Waals surface area contributed by atoms with Gasteiger partial charge in [0.1, 0.15) is 0 Å². The smallest absolute Gasteiger partial charge is 0.321 e. The third-order valence-electron chi connectivity index (χ3n) is 4.00. The van der Waals surface area contributed by atoms with Crippen molar-refractivity contribution < 1.29 is 14.3 Å². The second-order valence-electron chi connectivity index (χ2n) is 5.69. The Morgan fingerprint density at radius 3 is 2.57 bits per heavy atom. The van der Waals surface area contributed by atoms with Gasteiger partial charge in [-0.25, -0.2) is 4.79 Å². The molecule has 0 radical (unpaired) electrons. The van der Waals surface area contributed by atoms with Crippen LogP contribution < -0.4 is 10.6 Å². The van der Waals surface area contributed by atoms with E-state index < -0.39 is 0 Å². The zero-order valence-electron chi connectivity index (χ0n) is 13.6. The van der Waals surface area contributed by atoms with Crippen LogP contribution in [0.15, 0.2) is 30.3 Å². The molecule has 0 bridgehead atoms. The van der Waals surface area contributed by atoms with Crippen molar-refractivity contribution in [2.45, 2.75) is 19.3 Å². The number of hydrogen-bond acceptors (Lipinski definition) is 3. The molecule has 126 valence electrons. The second-order valence-corrected chi connectivity index (χ2v) is 5.69. The maximum atomic E-state index is 12.2. The van der Waals surface area contributed by atoms with Gasteiger partial charge in [0.2, 0.25) is 5.91 Å². The van der Waals surface area contributed by atoms with Gasteiger partial charge in [0, 0.05) is 45.0 Å². The fraction of sp³-hybridized carbons (Fsp3) is 0.529. The summed E-state index contributed by atoms with van der Waals surface area (Å²) in [4.78, 5) is 26.0. The molecular weight excluding hydrogens is 294 g/mol. The highest BCUT2D eigenvalue weighted by Crippen LogP contribution is 2.18. The summed E-state index contributed by atoms with van der Waals surface area (Å²) < 4.78 is 4.96. The summed E-state index contributed by atoms with van der Waals surface area (Å²) in [6, 6.07) is 9.30. The molecule has 0 aliphatic carbocycles. The lowest BCUT2D eigenvalue weighted by atomic mass is 9.96. The molecule has 2 N–H and O–H groups in total. The Kier molecular flexibility index (Phi) is 6.87. The van der Waals surface area contributed by atoms with E-state index in [0.717, 1.165) is 12.1 Å². The Labute approximate surface area is 137 Å². The highest BCUT2D eigenvalue weighted by molar-refractivity contribution is 5.89. The van der Waals surface area contributed by atoms with Crippen molar-refractivity contribution in [3.8, 4) is 0 Å². The van der Waals surface area contributed by atoms with Crippen LogP contribution in [-0.4, -0.2) is 50.2 Å². The van der Waals surface area contributed by atoms with Gasteiger partial charge in [0.05, 0.1) is 0 Å². The highest BCUT2D eigenvalue weighted by Gasteiger charge is 2.27. The van der Waals surface area contributed by atoms with Crippen molar-refractivity contribution in [3.63, 3.8) is 0 Å². The quantitative estimate of drug-likeness (QED) is 0.789. The van der Waals surface area contributed by atoms with Crippen LogP contribution in [0.2, 0.25) is 0 Å². The average Bonchev–Trinajstić information content (AvgIpc) is 2.59. The summed E-state index contributed by atoms with van der Waals surface area (Å²) in [7, 11) is 1.65. The molecule has 0 unspecified atom stereocenters. The summed E-state index contributed by atoms with van der Waals surface area (Å²) in [6.07, 6.45) is 2.23. The first-order chi connectivity index (χ1) is 11.2. The predicted molar refractivity (Wildman–Crippen MR) is 89.3 cm³/mol. The molecule has 1 aromatic carbocycles. The molecule has 1 heterocycles. The van der Waals surface area contributed by atoms with E-state index in [2.05, 4.69) is 10.6 Å². The summed E-state index contributed by atoms with van der Waals surface area (Å²) in [5.74, 6) is 0.0857. The summed E-state index contributed by atoms with van der Waals surface area (Å²) in [5, 5.41) is 5.81. The van der Waals surface area contributed by atoms with Gasteiger partial charge >= 0.3 is 6.03 Å². The fourth-order valence-electron chi connectivity index (χ4n) is 2.64. The summed E-state index contributed by atoms with van der Waals surface area (Å²) in [5.41, 5.74) is 0.788. The number of amides is 3. The van der Waals surface area contributed by atoms with E-state index in [1.54, 1.807) is 12.0 Å². The van der Waals surface area contributed by atoms with Gasteiger partial charge in [0.15, 0.2) is 0 Å². The van der Waals surface area contributed by atoms with Crippen LogP contribution in [0.3, 0.4) is 0 Å². The molecule has 6 heteroatoms. The topological polar surface area (TPSA) is 70.7 Å². The van der Waals surface area contributed by atoms with Gasteiger partial charge in [-0.05, 0) is 31.4 Å². The lowest BCUT2D eigenvalue weighted by Crippen LogP contribution is -2.44. The van der Waals surface area contributed by atoms with Crippen molar-refractivity contribution >= 4 is 17.6 Å². The van der Waals surface area contributed by atoms with Gasteiger partial charge in [-0.1, -0.05) is 18.2 Å². The molecule has 1 aliphatic rings. The lowest BCUT2D eigenvalue weighted by molar-refractivity contribution is -0.126. The van der Waals surface area contributed by atoms with Crippen molar-refractivity contribution in [2.24, 2.45) is 5.92 Å². The first kappa shape index (κ1) is 17.3. The molecule has 1 aromatic rings. The molecule has 1 aliphatic heterocycles. The van der Waals surface area contributed by atoms with Gasteiger partial charge in [-0.2, -0.15) is 0 Å². The van der Waals surface area contributed by atoms with E-state index >= 15 is 0 Å².